The summed E-state index contributed by atoms with van der Waals surface area (Å²) in [5.74, 6) is -0.380. The lowest BCUT2D eigenvalue weighted by Gasteiger charge is -2.38. The minimum Gasteiger partial charge on any atom is -0.457 e. The summed E-state index contributed by atoms with van der Waals surface area (Å²) in [6, 6.07) is 16.5. The number of unbranched alkanes of at least 4 members (excludes halogenated alkanes) is 1. The van der Waals surface area contributed by atoms with Crippen LogP contribution in [0.3, 0.4) is 0 Å². The fourth-order valence-electron chi connectivity index (χ4n) is 4.95. The number of hydrogen-bond acceptors (Lipinski definition) is 6. The first-order chi connectivity index (χ1) is 20.7. The van der Waals surface area contributed by atoms with E-state index in [2.05, 4.69) is 21.9 Å². The van der Waals surface area contributed by atoms with Gasteiger partial charge < -0.3 is 20.1 Å². The summed E-state index contributed by atoms with van der Waals surface area (Å²) in [4.78, 5) is 17.3. The summed E-state index contributed by atoms with van der Waals surface area (Å²) < 4.78 is 59.9. The van der Waals surface area contributed by atoms with Crippen LogP contribution in [0.1, 0.15) is 38.2 Å². The lowest BCUT2D eigenvalue weighted by Crippen LogP contribution is -2.49. The second-order valence-corrected chi connectivity index (χ2v) is 12.2. The number of amides is 2. The van der Waals surface area contributed by atoms with E-state index in [0.717, 1.165) is 63.0 Å². The van der Waals surface area contributed by atoms with Crippen molar-refractivity contribution in [1.29, 1.82) is 0 Å². The summed E-state index contributed by atoms with van der Waals surface area (Å²) in [6.45, 7) is 4.61. The van der Waals surface area contributed by atoms with E-state index in [0.29, 0.717) is 18.0 Å². The Morgan fingerprint density at radius 3 is 2.25 bits per heavy atom. The lowest BCUT2D eigenvalue weighted by molar-refractivity contribution is 0.122. The first-order valence-electron chi connectivity index (χ1n) is 14.4. The zero-order chi connectivity index (χ0) is 30.8. The molecule has 13 heteroatoms. The molecule has 1 fully saturated rings. The number of sulfonamides is 1. The van der Waals surface area contributed by atoms with Crippen molar-refractivity contribution in [3.8, 4) is 11.5 Å². The van der Waals surface area contributed by atoms with Crippen molar-refractivity contribution in [2.45, 2.75) is 50.1 Å². The fraction of sp³-hybridized carbons (Fsp3) is 0.387. The van der Waals surface area contributed by atoms with E-state index in [1.807, 2.05) is 24.3 Å². The van der Waals surface area contributed by atoms with Crippen molar-refractivity contribution >= 4 is 34.1 Å². The van der Waals surface area contributed by atoms with Gasteiger partial charge in [-0.3, -0.25) is 4.90 Å². The largest absolute Gasteiger partial charge is 0.457 e. The fourth-order valence-corrected chi connectivity index (χ4v) is 5.97. The van der Waals surface area contributed by atoms with Gasteiger partial charge in [0.25, 0.3) is 0 Å². The number of urea groups is 1. The number of aliphatic hydroxyl groups is 1. The quantitative estimate of drug-likeness (QED) is 0.217. The highest BCUT2D eigenvalue weighted by Gasteiger charge is 2.28. The van der Waals surface area contributed by atoms with E-state index in [4.69, 9.17) is 9.84 Å². The van der Waals surface area contributed by atoms with Crippen LogP contribution in [-0.4, -0.2) is 68.2 Å². The Morgan fingerprint density at radius 1 is 1.02 bits per heavy atom. The first kappa shape index (κ1) is 35.2. The van der Waals surface area contributed by atoms with Gasteiger partial charge in [0.2, 0.25) is 10.0 Å². The van der Waals surface area contributed by atoms with Crippen LogP contribution in [-0.2, 0) is 16.6 Å². The molecular formula is C31H39ClF2N4O5S. The minimum absolute atomic E-state index is 0. The van der Waals surface area contributed by atoms with Crippen LogP contribution < -0.4 is 14.8 Å². The molecule has 240 valence electrons. The molecule has 44 heavy (non-hydrogen) atoms. The standard InChI is InChI=1S/C31H38F2N4O5S.ClH/c1-2-3-17-37(31(39)35-30-13-6-24(32)21-29(30)33)25-14-18-36(19-15-25)22-23-4-7-26(8-5-23)42-27-9-11-28(12-10-27)43(40,41)34-16-20-38;/h4-13,21,25,34,38H,2-3,14-20,22H2,1H3,(H,35,39);1H. The molecule has 1 saturated heterocycles. The number of benzene rings is 3. The van der Waals surface area contributed by atoms with E-state index in [1.165, 1.54) is 18.2 Å². The Morgan fingerprint density at radius 2 is 1.66 bits per heavy atom. The van der Waals surface area contributed by atoms with Gasteiger partial charge in [0, 0.05) is 44.8 Å². The number of hydrogen-bond donors (Lipinski definition) is 3. The molecule has 3 aromatic rings. The summed E-state index contributed by atoms with van der Waals surface area (Å²) in [6.07, 6.45) is 3.32. The number of carbonyl (C=O) groups is 1. The van der Waals surface area contributed by atoms with Crippen LogP contribution in [0.15, 0.2) is 71.6 Å². The molecule has 0 aliphatic carbocycles. The van der Waals surface area contributed by atoms with Crippen LogP contribution in [0.4, 0.5) is 19.3 Å². The third-order valence-electron chi connectivity index (χ3n) is 7.29. The van der Waals surface area contributed by atoms with Gasteiger partial charge in [-0.05, 0) is 73.4 Å². The number of likely N-dealkylation sites (tertiary alicyclic amines) is 1. The molecule has 3 N–H and O–H groups in total. The second-order valence-electron chi connectivity index (χ2n) is 10.4. The maximum absolute atomic E-state index is 14.1. The molecule has 0 bridgehead atoms. The van der Waals surface area contributed by atoms with E-state index in [-0.39, 0.29) is 48.2 Å². The number of anilines is 1. The lowest BCUT2D eigenvalue weighted by atomic mass is 10.0. The van der Waals surface area contributed by atoms with Gasteiger partial charge in [-0.25, -0.2) is 26.7 Å². The molecule has 0 unspecified atom stereocenters. The number of piperidine rings is 1. The molecule has 0 aromatic heterocycles. The summed E-state index contributed by atoms with van der Waals surface area (Å²) in [5.41, 5.74) is 1.07. The molecule has 0 radical (unpaired) electrons. The van der Waals surface area contributed by atoms with Gasteiger partial charge >= 0.3 is 6.03 Å². The Kier molecular flexibility index (Phi) is 13.3. The zero-order valence-corrected chi connectivity index (χ0v) is 26.2. The van der Waals surface area contributed by atoms with E-state index >= 15 is 0 Å². The summed E-state index contributed by atoms with van der Waals surface area (Å²) in [7, 11) is -3.68. The van der Waals surface area contributed by atoms with Gasteiger partial charge in [0.1, 0.15) is 23.1 Å². The van der Waals surface area contributed by atoms with E-state index < -0.39 is 21.7 Å². The van der Waals surface area contributed by atoms with Gasteiger partial charge in [0.05, 0.1) is 17.2 Å². The third-order valence-corrected chi connectivity index (χ3v) is 8.76. The maximum Gasteiger partial charge on any atom is 0.322 e. The van der Waals surface area contributed by atoms with Gasteiger partial charge in [-0.2, -0.15) is 0 Å². The van der Waals surface area contributed by atoms with Crippen molar-refractivity contribution in [3.63, 3.8) is 0 Å². The van der Waals surface area contributed by atoms with Crippen molar-refractivity contribution < 1.29 is 31.8 Å². The molecule has 2 amide bonds. The normalized spacial score (nSPS) is 14.1. The molecule has 1 aliphatic rings. The van der Waals surface area contributed by atoms with Crippen LogP contribution in [0.25, 0.3) is 0 Å². The predicted octanol–water partition coefficient (Wildman–Crippen LogP) is 5.75. The smallest absolute Gasteiger partial charge is 0.322 e. The maximum atomic E-state index is 14.1. The highest BCUT2D eigenvalue weighted by atomic mass is 35.5. The van der Waals surface area contributed by atoms with Gasteiger partial charge in [0.15, 0.2) is 0 Å². The Hall–Kier alpha value is -3.29. The molecule has 0 saturated carbocycles. The SMILES string of the molecule is CCCCN(C(=O)Nc1ccc(F)cc1F)C1CCN(Cc2ccc(Oc3ccc(S(=O)(=O)NCCO)cc3)cc2)CC1.Cl. The number of carbonyl (C=O) groups excluding carboxylic acids is 1. The molecule has 4 rings (SSSR count). The number of aliphatic hydroxyl groups excluding tert-OH is 1. The number of nitrogens with one attached hydrogen (secondary N) is 2. The summed E-state index contributed by atoms with van der Waals surface area (Å²) in [5, 5.41) is 11.5. The molecule has 0 spiro atoms. The molecule has 1 aliphatic heterocycles. The molecule has 1 heterocycles. The summed E-state index contributed by atoms with van der Waals surface area (Å²) >= 11 is 0. The highest BCUT2D eigenvalue weighted by molar-refractivity contribution is 7.89. The first-order valence-corrected chi connectivity index (χ1v) is 15.9. The molecule has 9 nitrogen and oxygen atoms in total. The van der Waals surface area contributed by atoms with Crippen molar-refractivity contribution in [1.82, 2.24) is 14.5 Å². The van der Waals surface area contributed by atoms with Crippen LogP contribution >= 0.6 is 12.4 Å². The molecule has 3 aromatic carbocycles. The van der Waals surface area contributed by atoms with Crippen molar-refractivity contribution in [3.05, 3.63) is 83.9 Å². The topological polar surface area (TPSA) is 111 Å². The van der Waals surface area contributed by atoms with Crippen molar-refractivity contribution in [2.24, 2.45) is 0 Å². The number of nitrogens with zero attached hydrogens (tertiary/aromatic N) is 2. The van der Waals surface area contributed by atoms with Crippen LogP contribution in [0.2, 0.25) is 0 Å². The number of halogens is 3. The van der Waals surface area contributed by atoms with E-state index in [1.54, 1.807) is 17.0 Å². The van der Waals surface area contributed by atoms with Gasteiger partial charge in [-0.1, -0.05) is 25.5 Å². The Balaban J connectivity index is 0.00000529. The van der Waals surface area contributed by atoms with Crippen LogP contribution in [0.5, 0.6) is 11.5 Å². The average Bonchev–Trinajstić information content (AvgIpc) is 3.00. The Labute approximate surface area is 263 Å². The van der Waals surface area contributed by atoms with Crippen LogP contribution in [0, 0.1) is 11.6 Å². The minimum atomic E-state index is -3.68. The van der Waals surface area contributed by atoms with Crippen molar-refractivity contribution in [2.75, 3.05) is 38.1 Å². The second kappa shape index (κ2) is 16.7. The molecule has 0 atom stereocenters. The van der Waals surface area contributed by atoms with Gasteiger partial charge in [-0.15, -0.1) is 12.4 Å². The predicted molar refractivity (Wildman–Crippen MR) is 168 cm³/mol. The highest BCUT2D eigenvalue weighted by Crippen LogP contribution is 2.25. The average molecular weight is 653 g/mol. The third kappa shape index (κ3) is 9.86. The number of rotatable bonds is 13. The Bertz CT molecular complexity index is 1450. The monoisotopic (exact) mass is 652 g/mol. The zero-order valence-electron chi connectivity index (χ0n) is 24.5. The molecular weight excluding hydrogens is 614 g/mol. The number of ether oxygens (including phenoxy) is 1. The van der Waals surface area contributed by atoms with E-state index in [9.17, 15) is 22.0 Å².